The van der Waals surface area contributed by atoms with Crippen LogP contribution in [0.3, 0.4) is 0 Å². The number of phosphoric acid groups is 1. The Bertz CT molecular complexity index is 1520. The minimum Gasteiger partial charge on any atom is -0.756 e. The van der Waals surface area contributed by atoms with Crippen LogP contribution in [0.4, 0.5) is 0 Å². The Labute approximate surface area is 416 Å². The van der Waals surface area contributed by atoms with Crippen LogP contribution in [-0.2, 0) is 32.7 Å². The van der Waals surface area contributed by atoms with Gasteiger partial charge in [0.15, 0.2) is 6.10 Å². The van der Waals surface area contributed by atoms with Crippen molar-refractivity contribution in [1.82, 2.24) is 0 Å². The number of allylic oxidation sites excluding steroid dienone is 18. The highest BCUT2D eigenvalue weighted by Gasteiger charge is 2.21. The van der Waals surface area contributed by atoms with E-state index in [1.807, 2.05) is 21.1 Å². The van der Waals surface area contributed by atoms with E-state index < -0.39 is 32.5 Å². The molecule has 0 aliphatic heterocycles. The summed E-state index contributed by atoms with van der Waals surface area (Å²) in [5, 5.41) is 0. The van der Waals surface area contributed by atoms with Crippen molar-refractivity contribution >= 4 is 19.8 Å². The predicted octanol–water partition coefficient (Wildman–Crippen LogP) is 15.6. The minimum atomic E-state index is -4.65. The molecule has 9 nitrogen and oxygen atoms in total. The van der Waals surface area contributed by atoms with Crippen molar-refractivity contribution in [2.75, 3.05) is 47.5 Å². The van der Waals surface area contributed by atoms with Crippen LogP contribution in [0, 0.1) is 0 Å². The zero-order chi connectivity index (χ0) is 49.9. The van der Waals surface area contributed by atoms with Gasteiger partial charge in [0.2, 0.25) is 0 Å². The van der Waals surface area contributed by atoms with Crippen molar-refractivity contribution in [2.24, 2.45) is 0 Å². The van der Waals surface area contributed by atoms with E-state index in [2.05, 4.69) is 123 Å². The molecule has 388 valence electrons. The lowest BCUT2D eigenvalue weighted by molar-refractivity contribution is -0.870. The van der Waals surface area contributed by atoms with Gasteiger partial charge in [-0.05, 0) is 103 Å². The normalized spacial score (nSPS) is 14.3. The minimum absolute atomic E-state index is 0.0428. The van der Waals surface area contributed by atoms with Gasteiger partial charge < -0.3 is 27.9 Å². The maximum Gasteiger partial charge on any atom is 0.306 e. The fourth-order valence-electron chi connectivity index (χ4n) is 6.66. The number of unbranched alkanes of at least 4 members (excludes halogenated alkanes) is 15. The average molecular weight is 968 g/mol. The van der Waals surface area contributed by atoms with E-state index in [1.165, 1.54) is 25.7 Å². The van der Waals surface area contributed by atoms with Crippen molar-refractivity contribution in [3.05, 3.63) is 109 Å². The number of phosphoric ester groups is 1. The topological polar surface area (TPSA) is 111 Å². The fraction of sp³-hybridized carbons (Fsp3) is 0.655. The van der Waals surface area contributed by atoms with E-state index in [0.717, 1.165) is 128 Å². The highest BCUT2D eigenvalue weighted by Crippen LogP contribution is 2.38. The molecule has 2 unspecified atom stereocenters. The Morgan fingerprint density at radius 2 is 0.838 bits per heavy atom. The maximum atomic E-state index is 12.8. The van der Waals surface area contributed by atoms with Gasteiger partial charge in [0.05, 0.1) is 27.7 Å². The summed E-state index contributed by atoms with van der Waals surface area (Å²) in [4.78, 5) is 37.8. The van der Waals surface area contributed by atoms with Gasteiger partial charge in [-0.25, -0.2) is 0 Å². The summed E-state index contributed by atoms with van der Waals surface area (Å²) in [7, 11) is 1.13. The van der Waals surface area contributed by atoms with Gasteiger partial charge >= 0.3 is 11.9 Å². The number of likely N-dealkylation sites (N-methyl/N-ethyl adjacent to an activating group) is 1. The molecule has 0 spiro atoms. The Morgan fingerprint density at radius 1 is 0.471 bits per heavy atom. The summed E-state index contributed by atoms with van der Waals surface area (Å²) >= 11 is 0. The number of carbonyl (C=O) groups is 2. The van der Waals surface area contributed by atoms with E-state index in [1.54, 1.807) is 0 Å². The molecule has 0 aromatic rings. The molecule has 0 fully saturated rings. The molecular weight excluding hydrogens is 870 g/mol. The van der Waals surface area contributed by atoms with Crippen LogP contribution in [0.1, 0.15) is 194 Å². The van der Waals surface area contributed by atoms with Gasteiger partial charge in [0.1, 0.15) is 19.8 Å². The van der Waals surface area contributed by atoms with Crippen LogP contribution in [-0.4, -0.2) is 70.0 Å². The second-order valence-corrected chi connectivity index (χ2v) is 19.9. The van der Waals surface area contributed by atoms with E-state index in [-0.39, 0.29) is 26.1 Å². The zero-order valence-corrected chi connectivity index (χ0v) is 44.7. The van der Waals surface area contributed by atoms with Crippen LogP contribution in [0.5, 0.6) is 0 Å². The molecule has 0 saturated carbocycles. The smallest absolute Gasteiger partial charge is 0.306 e. The number of rotatable bonds is 47. The van der Waals surface area contributed by atoms with Crippen molar-refractivity contribution in [1.29, 1.82) is 0 Å². The van der Waals surface area contributed by atoms with Gasteiger partial charge in [0, 0.05) is 12.8 Å². The lowest BCUT2D eigenvalue weighted by Gasteiger charge is -2.28. The second kappa shape index (κ2) is 48.7. The first-order valence-electron chi connectivity index (χ1n) is 26.6. The van der Waals surface area contributed by atoms with Crippen LogP contribution in [0.25, 0.3) is 0 Å². The van der Waals surface area contributed by atoms with Gasteiger partial charge in [-0.1, -0.05) is 187 Å². The third-order valence-corrected chi connectivity index (χ3v) is 11.7. The molecule has 0 rings (SSSR count). The number of ether oxygens (including phenoxy) is 2. The molecule has 2 atom stereocenters. The number of nitrogens with zero attached hydrogens (tertiary/aromatic N) is 1. The highest BCUT2D eigenvalue weighted by atomic mass is 31.2. The summed E-state index contributed by atoms with van der Waals surface area (Å²) in [5.41, 5.74) is 0. The SMILES string of the molecule is CC/C=C\C/C=C\C/C=C\C/C=C\C/C=C\C/C=C\CCCCCCCCC(=O)OC(COC(=O)CCCCCCCC/C=C\C/C=C\C/C=C\CCCCC)COP(=O)([O-])OCC[N+](C)(C)C. The molecule has 0 N–H and O–H groups in total. The summed E-state index contributed by atoms with van der Waals surface area (Å²) < 4.78 is 34.1. The summed E-state index contributed by atoms with van der Waals surface area (Å²) in [5.74, 6) is -0.874. The largest absolute Gasteiger partial charge is 0.756 e. The van der Waals surface area contributed by atoms with Crippen LogP contribution < -0.4 is 4.89 Å². The van der Waals surface area contributed by atoms with Crippen molar-refractivity contribution in [3.63, 3.8) is 0 Å². The van der Waals surface area contributed by atoms with Gasteiger partial charge in [-0.2, -0.15) is 0 Å². The quantitative estimate of drug-likeness (QED) is 0.0195. The van der Waals surface area contributed by atoms with Gasteiger partial charge in [-0.3, -0.25) is 14.2 Å². The van der Waals surface area contributed by atoms with Gasteiger partial charge in [-0.15, -0.1) is 0 Å². The molecule has 0 bridgehead atoms. The summed E-state index contributed by atoms with van der Waals surface area (Å²) in [6.45, 7) is 4.04. The summed E-state index contributed by atoms with van der Waals surface area (Å²) in [6, 6.07) is 0. The van der Waals surface area contributed by atoms with E-state index in [0.29, 0.717) is 23.9 Å². The first kappa shape index (κ1) is 64.7. The molecule has 0 aliphatic rings. The fourth-order valence-corrected chi connectivity index (χ4v) is 7.39. The molecule has 0 aliphatic carbocycles. The average Bonchev–Trinajstić information content (AvgIpc) is 3.30. The van der Waals surface area contributed by atoms with Crippen molar-refractivity contribution in [3.8, 4) is 0 Å². The second-order valence-electron chi connectivity index (χ2n) is 18.5. The number of carbonyl (C=O) groups excluding carboxylic acids is 2. The van der Waals surface area contributed by atoms with Crippen LogP contribution >= 0.6 is 7.82 Å². The zero-order valence-electron chi connectivity index (χ0n) is 43.8. The molecule has 0 aromatic heterocycles. The third kappa shape index (κ3) is 52.0. The highest BCUT2D eigenvalue weighted by molar-refractivity contribution is 7.45. The molecular formula is C58H98NO8P. The lowest BCUT2D eigenvalue weighted by atomic mass is 10.1. The van der Waals surface area contributed by atoms with E-state index in [4.69, 9.17) is 18.5 Å². The first-order valence-corrected chi connectivity index (χ1v) is 28.1. The Balaban J connectivity index is 4.33. The molecule has 0 saturated heterocycles. The van der Waals surface area contributed by atoms with Crippen LogP contribution in [0.2, 0.25) is 0 Å². The third-order valence-electron chi connectivity index (χ3n) is 10.8. The Hall–Kier alpha value is -3.33. The lowest BCUT2D eigenvalue weighted by Crippen LogP contribution is -2.37. The predicted molar refractivity (Wildman–Crippen MR) is 286 cm³/mol. The maximum absolute atomic E-state index is 12.8. The summed E-state index contributed by atoms with van der Waals surface area (Å²) in [6.07, 6.45) is 66.8. The Morgan fingerprint density at radius 3 is 1.25 bits per heavy atom. The number of esters is 2. The number of hydrogen-bond acceptors (Lipinski definition) is 8. The van der Waals surface area contributed by atoms with E-state index in [9.17, 15) is 19.0 Å². The molecule has 0 heterocycles. The van der Waals surface area contributed by atoms with Crippen molar-refractivity contribution < 1.29 is 42.1 Å². The molecule has 0 radical (unpaired) electrons. The van der Waals surface area contributed by atoms with Gasteiger partial charge in [0.25, 0.3) is 7.82 Å². The van der Waals surface area contributed by atoms with Crippen molar-refractivity contribution in [2.45, 2.75) is 200 Å². The molecule has 10 heteroatoms. The molecule has 0 aromatic carbocycles. The molecule has 68 heavy (non-hydrogen) atoms. The monoisotopic (exact) mass is 968 g/mol. The number of hydrogen-bond donors (Lipinski definition) is 0. The standard InChI is InChI=1S/C58H98NO8P/c1-6-8-10-12-14-16-18-20-22-24-26-27-28-29-30-31-33-35-37-39-41-43-45-47-49-51-58(61)67-56(55-66-68(62,63)65-53-52-59(3,4)5)54-64-57(60)50-48-46-44-42-40-38-36-34-32-25-23-21-19-17-15-13-11-9-7-2/h8,10,14-17,20-23,26-27,29-30,32-35,56H,6-7,9,11-13,18-19,24-25,28,31,36-55H2,1-5H3/b10-8-,16-14-,17-15-,22-20-,23-21-,27-26-,30-29-,34-32-,35-33-. The first-order chi connectivity index (χ1) is 33.0. The number of quaternary nitrogens is 1. The molecule has 0 amide bonds. The van der Waals surface area contributed by atoms with E-state index >= 15 is 0 Å². The van der Waals surface area contributed by atoms with Crippen LogP contribution in [0.15, 0.2) is 109 Å². The Kier molecular flexibility index (Phi) is 46.3.